The lowest BCUT2D eigenvalue weighted by atomic mass is 10.2. The van der Waals surface area contributed by atoms with Gasteiger partial charge in [-0.3, -0.25) is 0 Å². The minimum Gasteiger partial charge on any atom is -0.326 e. The van der Waals surface area contributed by atoms with E-state index in [1.54, 1.807) is 0 Å². The molecule has 9 heavy (non-hydrogen) atoms. The highest BCUT2D eigenvalue weighted by Crippen LogP contribution is 2.03. The first kappa shape index (κ1) is 6.14. The third kappa shape index (κ3) is 1.22. The molecule has 0 aliphatic carbocycles. The third-order valence-corrected chi connectivity index (χ3v) is 1.33. The van der Waals surface area contributed by atoms with Crippen LogP contribution in [0.3, 0.4) is 0 Å². The van der Waals surface area contributed by atoms with Crippen molar-refractivity contribution in [2.24, 2.45) is 0 Å². The molecule has 0 unspecified atom stereocenters. The number of aryl methyl sites for hydroxylation is 2. The van der Waals surface area contributed by atoms with Gasteiger partial charge < -0.3 is 4.98 Å². The summed E-state index contributed by atoms with van der Waals surface area (Å²) in [5.41, 5.74) is 3.21. The molecule has 1 aromatic rings. The molecule has 0 aromatic carbocycles. The summed E-state index contributed by atoms with van der Waals surface area (Å²) in [6.07, 6.45) is 1.85. The van der Waals surface area contributed by atoms with Crippen LogP contribution in [-0.4, -0.2) is 4.98 Å². The van der Waals surface area contributed by atoms with E-state index in [2.05, 4.69) is 11.9 Å². The summed E-state index contributed by atoms with van der Waals surface area (Å²) in [7, 11) is 0. The summed E-state index contributed by atoms with van der Waals surface area (Å²) >= 11 is 0. The van der Waals surface area contributed by atoms with Crippen LogP contribution in [-0.2, 0) is 0 Å². The Bertz CT molecular complexity index is 216. The highest BCUT2D eigenvalue weighted by atomic mass is 14.7. The number of hydrogen-bond donors (Lipinski definition) is 0. The van der Waals surface area contributed by atoms with Crippen molar-refractivity contribution in [2.45, 2.75) is 13.8 Å². The van der Waals surface area contributed by atoms with Gasteiger partial charge in [0.25, 0.3) is 0 Å². The monoisotopic (exact) mass is 120 g/mol. The minimum atomic E-state index is 1.01. The smallest absolute Gasteiger partial charge is 0.00285 e. The maximum Gasteiger partial charge on any atom is 0.00285 e. The minimum absolute atomic E-state index is 1.01. The van der Waals surface area contributed by atoms with Gasteiger partial charge in [-0.2, -0.15) is 18.6 Å². The summed E-state index contributed by atoms with van der Waals surface area (Å²) in [6.45, 7) is 7.79. The third-order valence-electron chi connectivity index (χ3n) is 1.33. The van der Waals surface area contributed by atoms with E-state index in [0.717, 1.165) is 11.3 Å². The van der Waals surface area contributed by atoms with Gasteiger partial charge in [-0.25, -0.2) is 0 Å². The van der Waals surface area contributed by atoms with Gasteiger partial charge in [0.1, 0.15) is 0 Å². The number of hydrogen-bond acceptors (Lipinski definition) is 1. The maximum atomic E-state index is 4.12. The highest BCUT2D eigenvalue weighted by Gasteiger charge is 1.81. The van der Waals surface area contributed by atoms with Crippen molar-refractivity contribution < 1.29 is 0 Å². The van der Waals surface area contributed by atoms with Crippen LogP contribution in [0.4, 0.5) is 0 Å². The number of aromatic nitrogens is 1. The molecule has 0 aliphatic rings. The lowest BCUT2D eigenvalue weighted by Gasteiger charge is -2.06. The van der Waals surface area contributed by atoms with E-state index in [-0.39, 0.29) is 0 Å². The summed E-state index contributed by atoms with van der Waals surface area (Å²) < 4.78 is 0. The first-order valence-electron chi connectivity index (χ1n) is 2.95. The van der Waals surface area contributed by atoms with E-state index in [9.17, 15) is 0 Å². The van der Waals surface area contributed by atoms with Crippen molar-refractivity contribution in [2.75, 3.05) is 0 Å². The predicted octanol–water partition coefficient (Wildman–Crippen LogP) is 1.88. The Labute approximate surface area is 55.7 Å². The Hall–Kier alpha value is -0.980. The molecule has 0 N–H and O–H groups in total. The Morgan fingerprint density at radius 3 is 2.56 bits per heavy atom. The van der Waals surface area contributed by atoms with E-state index in [0.29, 0.717) is 0 Å². The zero-order chi connectivity index (χ0) is 6.85. The van der Waals surface area contributed by atoms with E-state index in [1.807, 2.05) is 26.1 Å². The molecular formula is C8H10N-. The van der Waals surface area contributed by atoms with Crippen molar-refractivity contribution in [3.05, 3.63) is 36.0 Å². The molecule has 1 nitrogen and oxygen atoms in total. The molecule has 0 fully saturated rings. The number of nitrogens with zero attached hydrogens (tertiary/aromatic N) is 1. The van der Waals surface area contributed by atoms with Gasteiger partial charge in [-0.1, -0.05) is 18.2 Å². The second-order valence-electron chi connectivity index (χ2n) is 2.26. The fourth-order valence-electron chi connectivity index (χ4n) is 0.698. The summed E-state index contributed by atoms with van der Waals surface area (Å²) in [6, 6.07) is 2.03. The van der Waals surface area contributed by atoms with E-state index >= 15 is 0 Å². The van der Waals surface area contributed by atoms with Crippen molar-refractivity contribution in [1.82, 2.24) is 4.98 Å². The lowest BCUT2D eigenvalue weighted by Crippen LogP contribution is -1.85. The molecule has 1 heteroatoms. The maximum absolute atomic E-state index is 4.12. The number of pyridine rings is 1. The SMILES string of the molecule is [CH2-]c1cc(C)cnc1C. The van der Waals surface area contributed by atoms with Crippen LogP contribution in [0.15, 0.2) is 12.3 Å². The largest absolute Gasteiger partial charge is 0.326 e. The molecule has 0 spiro atoms. The molecule has 0 saturated carbocycles. The Balaban J connectivity index is 3.17. The quantitative estimate of drug-likeness (QED) is 0.476. The molecule has 0 amide bonds. The van der Waals surface area contributed by atoms with Gasteiger partial charge in [0.2, 0.25) is 0 Å². The molecule has 0 atom stereocenters. The fourth-order valence-corrected chi connectivity index (χ4v) is 0.698. The van der Waals surface area contributed by atoms with Crippen LogP contribution in [0.2, 0.25) is 0 Å². The standard InChI is InChI=1S/C8H10N/c1-6-4-7(2)8(3)9-5-6/h4-5H,2H2,1,3H3/q-1. The summed E-state index contributed by atoms with van der Waals surface area (Å²) in [5.74, 6) is 0. The molecule has 1 aromatic heterocycles. The first-order valence-corrected chi connectivity index (χ1v) is 2.95. The molecule has 1 heterocycles. The van der Waals surface area contributed by atoms with Gasteiger partial charge in [0.15, 0.2) is 0 Å². The molecule has 0 radical (unpaired) electrons. The molecule has 48 valence electrons. The average molecular weight is 120 g/mol. The van der Waals surface area contributed by atoms with E-state index in [4.69, 9.17) is 0 Å². The lowest BCUT2D eigenvalue weighted by molar-refractivity contribution is 1.15. The summed E-state index contributed by atoms with van der Waals surface area (Å²) in [4.78, 5) is 4.12. The second-order valence-corrected chi connectivity index (χ2v) is 2.26. The summed E-state index contributed by atoms with van der Waals surface area (Å²) in [5, 5.41) is 0. The van der Waals surface area contributed by atoms with Crippen LogP contribution in [0.1, 0.15) is 16.8 Å². The van der Waals surface area contributed by atoms with Crippen LogP contribution in [0.5, 0.6) is 0 Å². The van der Waals surface area contributed by atoms with Crippen molar-refractivity contribution in [3.8, 4) is 0 Å². The molecule has 0 bridgehead atoms. The van der Waals surface area contributed by atoms with Crippen LogP contribution >= 0.6 is 0 Å². The van der Waals surface area contributed by atoms with Crippen molar-refractivity contribution in [1.29, 1.82) is 0 Å². The van der Waals surface area contributed by atoms with Crippen LogP contribution < -0.4 is 0 Å². The van der Waals surface area contributed by atoms with Gasteiger partial charge in [-0.15, -0.1) is 0 Å². The predicted molar refractivity (Wildman–Crippen MR) is 38.2 cm³/mol. The van der Waals surface area contributed by atoms with Gasteiger partial charge >= 0.3 is 0 Å². The zero-order valence-electron chi connectivity index (χ0n) is 5.81. The Morgan fingerprint density at radius 1 is 1.44 bits per heavy atom. The second kappa shape index (κ2) is 2.09. The van der Waals surface area contributed by atoms with Crippen molar-refractivity contribution >= 4 is 0 Å². The average Bonchev–Trinajstić information content (AvgIpc) is 1.80. The van der Waals surface area contributed by atoms with Gasteiger partial charge in [0.05, 0.1) is 0 Å². The zero-order valence-corrected chi connectivity index (χ0v) is 5.81. The number of rotatable bonds is 0. The molecule has 0 saturated heterocycles. The fraction of sp³-hybridized carbons (Fsp3) is 0.250. The normalized spacial score (nSPS) is 9.56. The molecule has 0 aliphatic heterocycles. The topological polar surface area (TPSA) is 12.9 Å². The first-order chi connectivity index (χ1) is 4.20. The van der Waals surface area contributed by atoms with Gasteiger partial charge in [-0.05, 0) is 6.92 Å². The Kier molecular flexibility index (Phi) is 1.43. The highest BCUT2D eigenvalue weighted by molar-refractivity contribution is 5.25. The van der Waals surface area contributed by atoms with Crippen LogP contribution in [0.25, 0.3) is 0 Å². The van der Waals surface area contributed by atoms with E-state index < -0.39 is 0 Å². The Morgan fingerprint density at radius 2 is 2.11 bits per heavy atom. The molecular weight excluding hydrogens is 110 g/mol. The van der Waals surface area contributed by atoms with Gasteiger partial charge in [0, 0.05) is 6.20 Å². The van der Waals surface area contributed by atoms with Crippen LogP contribution in [0, 0.1) is 20.8 Å². The van der Waals surface area contributed by atoms with E-state index in [1.165, 1.54) is 5.56 Å². The van der Waals surface area contributed by atoms with Crippen molar-refractivity contribution in [3.63, 3.8) is 0 Å². The molecule has 1 rings (SSSR count).